The van der Waals surface area contributed by atoms with E-state index in [0.717, 1.165) is 24.7 Å². The van der Waals surface area contributed by atoms with Crippen molar-refractivity contribution in [1.82, 2.24) is 0 Å². The Bertz CT molecular complexity index is 834. The number of halogens is 1. The molecule has 1 heterocycles. The summed E-state index contributed by atoms with van der Waals surface area (Å²) in [5, 5.41) is 20.5. The van der Waals surface area contributed by atoms with Gasteiger partial charge in [-0.25, -0.2) is 4.39 Å². The van der Waals surface area contributed by atoms with Crippen molar-refractivity contribution in [2.24, 2.45) is 0 Å². The quantitative estimate of drug-likeness (QED) is 0.633. The van der Waals surface area contributed by atoms with Gasteiger partial charge in [0.2, 0.25) is 0 Å². The van der Waals surface area contributed by atoms with Crippen LogP contribution in [0.1, 0.15) is 12.0 Å². The van der Waals surface area contributed by atoms with E-state index in [1.54, 1.807) is 6.07 Å². The number of benzene rings is 2. The maximum absolute atomic E-state index is 13.6. The topological polar surface area (TPSA) is 73.4 Å². The predicted molar refractivity (Wildman–Crippen MR) is 93.3 cm³/mol. The van der Waals surface area contributed by atoms with Crippen LogP contribution >= 0.6 is 0 Å². The van der Waals surface area contributed by atoms with Crippen molar-refractivity contribution in [3.05, 3.63) is 64.0 Å². The highest BCUT2D eigenvalue weighted by Gasteiger charge is 2.23. The van der Waals surface area contributed by atoms with E-state index in [9.17, 15) is 19.8 Å². The molecule has 1 saturated heterocycles. The normalized spacial score (nSPS) is 14.7. The van der Waals surface area contributed by atoms with Gasteiger partial charge >= 0.3 is 0 Å². The average molecular weight is 340 g/mol. The van der Waals surface area contributed by atoms with E-state index in [2.05, 4.69) is 11.0 Å². The summed E-state index contributed by atoms with van der Waals surface area (Å²) in [5.41, 5.74) is 1.68. The zero-order valence-corrected chi connectivity index (χ0v) is 13.6. The van der Waals surface area contributed by atoms with Crippen LogP contribution in [-0.2, 0) is 0 Å². The largest absolute Gasteiger partial charge is 0.369 e. The molecule has 25 heavy (non-hydrogen) atoms. The monoisotopic (exact) mass is 340 g/mol. The Balaban J connectivity index is 1.84. The maximum atomic E-state index is 13.6. The molecule has 7 heteroatoms. The Morgan fingerprint density at radius 2 is 1.72 bits per heavy atom. The molecule has 0 spiro atoms. The molecule has 1 aliphatic heterocycles. The number of nitrogens with zero attached hydrogens (tertiary/aromatic N) is 4. The summed E-state index contributed by atoms with van der Waals surface area (Å²) in [4.78, 5) is 14.7. The Hall–Kier alpha value is -3.14. The molecule has 0 saturated carbocycles. The van der Waals surface area contributed by atoms with Crippen molar-refractivity contribution in [2.45, 2.75) is 6.42 Å². The van der Waals surface area contributed by atoms with Gasteiger partial charge in [-0.3, -0.25) is 10.1 Å². The highest BCUT2D eigenvalue weighted by atomic mass is 19.1. The number of nitro groups is 1. The van der Waals surface area contributed by atoms with Gasteiger partial charge in [-0.15, -0.1) is 0 Å². The van der Waals surface area contributed by atoms with Gasteiger partial charge in [-0.1, -0.05) is 12.1 Å². The van der Waals surface area contributed by atoms with E-state index in [0.29, 0.717) is 30.9 Å². The highest BCUT2D eigenvalue weighted by Crippen LogP contribution is 2.30. The summed E-state index contributed by atoms with van der Waals surface area (Å²) in [6, 6.07) is 13.1. The molecule has 2 aromatic carbocycles. The highest BCUT2D eigenvalue weighted by molar-refractivity contribution is 5.64. The molecule has 0 atom stereocenters. The smallest absolute Gasteiger partial charge is 0.292 e. The molecule has 0 amide bonds. The second kappa shape index (κ2) is 7.18. The number of nitro benzene ring substituents is 1. The zero-order chi connectivity index (χ0) is 17.8. The lowest BCUT2D eigenvalue weighted by Crippen LogP contribution is -2.31. The minimum absolute atomic E-state index is 0.0905. The first-order chi connectivity index (χ1) is 12.1. The molecule has 1 fully saturated rings. The number of anilines is 2. The number of para-hydroxylation sites is 1. The van der Waals surface area contributed by atoms with Crippen molar-refractivity contribution in [2.75, 3.05) is 36.0 Å². The second-order valence-electron chi connectivity index (χ2n) is 5.85. The van der Waals surface area contributed by atoms with Crippen LogP contribution in [-0.4, -0.2) is 31.1 Å². The molecule has 2 aromatic rings. The molecule has 0 N–H and O–H groups in total. The zero-order valence-electron chi connectivity index (χ0n) is 13.6. The van der Waals surface area contributed by atoms with Crippen molar-refractivity contribution < 1.29 is 9.31 Å². The summed E-state index contributed by atoms with van der Waals surface area (Å²) >= 11 is 0. The fraction of sp³-hybridized carbons (Fsp3) is 0.278. The van der Waals surface area contributed by atoms with Gasteiger partial charge in [-0.2, -0.15) is 5.26 Å². The minimum Gasteiger partial charge on any atom is -0.369 e. The van der Waals surface area contributed by atoms with Gasteiger partial charge < -0.3 is 9.80 Å². The molecule has 0 radical (unpaired) electrons. The predicted octanol–water partition coefficient (Wildman–Crippen LogP) is 3.32. The van der Waals surface area contributed by atoms with Crippen LogP contribution in [0.4, 0.5) is 21.5 Å². The van der Waals surface area contributed by atoms with Crippen LogP contribution in [0.5, 0.6) is 0 Å². The molecular formula is C18H17FN4O2. The molecule has 3 rings (SSSR count). The first-order valence-electron chi connectivity index (χ1n) is 8.03. The lowest BCUT2D eigenvalue weighted by molar-refractivity contribution is -0.384. The molecule has 0 aromatic heterocycles. The number of hydrogen-bond acceptors (Lipinski definition) is 5. The van der Waals surface area contributed by atoms with Gasteiger partial charge in [0.25, 0.3) is 5.69 Å². The van der Waals surface area contributed by atoms with Crippen molar-refractivity contribution in [3.8, 4) is 6.07 Å². The van der Waals surface area contributed by atoms with Crippen LogP contribution in [0.15, 0.2) is 42.5 Å². The second-order valence-corrected chi connectivity index (χ2v) is 5.85. The van der Waals surface area contributed by atoms with Gasteiger partial charge in [0.1, 0.15) is 17.6 Å². The maximum Gasteiger partial charge on any atom is 0.292 e. The van der Waals surface area contributed by atoms with E-state index in [1.807, 2.05) is 23.1 Å². The third kappa shape index (κ3) is 3.53. The van der Waals surface area contributed by atoms with Gasteiger partial charge in [0, 0.05) is 38.3 Å². The summed E-state index contributed by atoms with van der Waals surface area (Å²) < 4.78 is 13.6. The average Bonchev–Trinajstić information content (AvgIpc) is 2.87. The Labute approximate surface area is 144 Å². The van der Waals surface area contributed by atoms with Crippen LogP contribution in [0.25, 0.3) is 0 Å². The number of nitriles is 1. The first-order valence-corrected chi connectivity index (χ1v) is 8.03. The molecule has 6 nitrogen and oxygen atoms in total. The van der Waals surface area contributed by atoms with E-state index in [4.69, 9.17) is 0 Å². The van der Waals surface area contributed by atoms with Crippen LogP contribution in [0, 0.1) is 27.3 Å². The summed E-state index contributed by atoms with van der Waals surface area (Å²) in [7, 11) is 0. The van der Waals surface area contributed by atoms with Crippen molar-refractivity contribution >= 4 is 17.1 Å². The van der Waals surface area contributed by atoms with Crippen LogP contribution in [0.3, 0.4) is 0 Å². The first kappa shape index (κ1) is 16.7. The SMILES string of the molecule is N#Cc1ccccc1N1CCCN(c2cc(F)ccc2[N+](=O)[O-])CC1. The van der Waals surface area contributed by atoms with E-state index in [1.165, 1.54) is 12.1 Å². The number of rotatable bonds is 3. The Morgan fingerprint density at radius 1 is 1.04 bits per heavy atom. The molecule has 1 aliphatic rings. The molecule has 128 valence electrons. The van der Waals surface area contributed by atoms with Crippen molar-refractivity contribution in [3.63, 3.8) is 0 Å². The number of hydrogen-bond donors (Lipinski definition) is 0. The lowest BCUT2D eigenvalue weighted by atomic mass is 10.1. The van der Waals surface area contributed by atoms with E-state index in [-0.39, 0.29) is 5.69 Å². The molecule has 0 aliphatic carbocycles. The summed E-state index contributed by atoms with van der Waals surface area (Å²) in [6.07, 6.45) is 0.757. The van der Waals surface area contributed by atoms with Gasteiger partial charge in [0.05, 0.1) is 16.2 Å². The Morgan fingerprint density at radius 3 is 2.40 bits per heavy atom. The van der Waals surface area contributed by atoms with E-state index < -0.39 is 10.7 Å². The summed E-state index contributed by atoms with van der Waals surface area (Å²) in [6.45, 7) is 2.45. The lowest BCUT2D eigenvalue weighted by Gasteiger charge is -2.25. The third-order valence-corrected chi connectivity index (χ3v) is 4.34. The third-order valence-electron chi connectivity index (χ3n) is 4.34. The molecule has 0 unspecified atom stereocenters. The fourth-order valence-electron chi connectivity index (χ4n) is 3.15. The molecule has 0 bridgehead atoms. The standard InChI is InChI=1S/C18H17FN4O2/c19-15-6-7-17(23(24)25)18(12-15)22-9-3-8-21(10-11-22)16-5-2-1-4-14(16)13-20/h1-2,4-7,12H,3,8-11H2. The van der Waals surface area contributed by atoms with E-state index >= 15 is 0 Å². The van der Waals surface area contributed by atoms with Gasteiger partial charge in [-0.05, 0) is 24.6 Å². The minimum atomic E-state index is -0.489. The molecular weight excluding hydrogens is 323 g/mol. The van der Waals surface area contributed by atoms with Crippen molar-refractivity contribution in [1.29, 1.82) is 5.26 Å². The van der Waals surface area contributed by atoms with Gasteiger partial charge in [0.15, 0.2) is 0 Å². The Kier molecular flexibility index (Phi) is 4.80. The fourth-order valence-corrected chi connectivity index (χ4v) is 3.15. The van der Waals surface area contributed by atoms with Crippen LogP contribution in [0.2, 0.25) is 0 Å². The summed E-state index contributed by atoms with van der Waals surface area (Å²) in [5.74, 6) is -0.489. The van der Waals surface area contributed by atoms with Crippen LogP contribution < -0.4 is 9.80 Å².